The average Bonchev–Trinajstić information content (AvgIpc) is 2.30. The third-order valence-corrected chi connectivity index (χ3v) is 2.13. The van der Waals surface area contributed by atoms with Crippen molar-refractivity contribution in [2.75, 3.05) is 6.61 Å². The Morgan fingerprint density at radius 1 is 1.31 bits per heavy atom. The lowest BCUT2D eigenvalue weighted by Gasteiger charge is -2.03. The van der Waals surface area contributed by atoms with Crippen molar-refractivity contribution in [1.29, 1.82) is 5.26 Å². The highest BCUT2D eigenvalue weighted by atomic mass is 16.5. The first-order valence-electron chi connectivity index (χ1n) is 5.33. The van der Waals surface area contributed by atoms with E-state index >= 15 is 0 Å². The number of hydrogen-bond donors (Lipinski definition) is 0. The first kappa shape index (κ1) is 12.4. The summed E-state index contributed by atoms with van der Waals surface area (Å²) in [6.45, 7) is 1.14. The Balaban J connectivity index is 2.05. The predicted octanol–water partition coefficient (Wildman–Crippen LogP) is 2.47. The molecule has 1 aromatic carbocycles. The first-order valence-corrected chi connectivity index (χ1v) is 5.33. The summed E-state index contributed by atoms with van der Waals surface area (Å²) in [5.41, 5.74) is 1.13. The summed E-state index contributed by atoms with van der Waals surface area (Å²) in [5.74, 6) is -0.00851. The number of ketones is 1. The number of nitriles is 1. The van der Waals surface area contributed by atoms with E-state index in [4.69, 9.17) is 10.00 Å². The Labute approximate surface area is 95.7 Å². The van der Waals surface area contributed by atoms with Crippen LogP contribution in [-0.4, -0.2) is 12.4 Å². The van der Waals surface area contributed by atoms with Gasteiger partial charge in [-0.2, -0.15) is 5.26 Å². The molecule has 16 heavy (non-hydrogen) atoms. The summed E-state index contributed by atoms with van der Waals surface area (Å²) in [6.07, 6.45) is 1.13. The van der Waals surface area contributed by atoms with Gasteiger partial charge in [0, 0.05) is 13.0 Å². The normalized spacial score (nSPS) is 9.69. The predicted molar refractivity (Wildman–Crippen MR) is 60.6 cm³/mol. The molecule has 0 bridgehead atoms. The van der Waals surface area contributed by atoms with Gasteiger partial charge in [0.15, 0.2) is 0 Å². The molecule has 0 saturated carbocycles. The molecule has 0 N–H and O–H groups in total. The molecule has 3 heteroatoms. The van der Waals surface area contributed by atoms with Gasteiger partial charge in [0.05, 0.1) is 19.1 Å². The Morgan fingerprint density at radius 2 is 2.06 bits per heavy atom. The summed E-state index contributed by atoms with van der Waals surface area (Å²) < 4.78 is 5.41. The molecule has 1 rings (SSSR count). The van der Waals surface area contributed by atoms with Crippen LogP contribution in [-0.2, 0) is 16.1 Å². The molecule has 0 amide bonds. The Bertz CT molecular complexity index is 354. The van der Waals surface area contributed by atoms with Gasteiger partial charge in [-0.05, 0) is 12.0 Å². The first-order chi connectivity index (χ1) is 7.83. The van der Waals surface area contributed by atoms with Crippen LogP contribution < -0.4 is 0 Å². The van der Waals surface area contributed by atoms with E-state index in [1.54, 1.807) is 0 Å². The van der Waals surface area contributed by atoms with Gasteiger partial charge in [-0.3, -0.25) is 4.79 Å². The van der Waals surface area contributed by atoms with Crippen molar-refractivity contribution < 1.29 is 9.53 Å². The van der Waals surface area contributed by atoms with Gasteiger partial charge in [0.25, 0.3) is 0 Å². The molecule has 3 nitrogen and oxygen atoms in total. The van der Waals surface area contributed by atoms with Gasteiger partial charge in [0.1, 0.15) is 5.78 Å². The quantitative estimate of drug-likeness (QED) is 0.659. The van der Waals surface area contributed by atoms with Crippen molar-refractivity contribution in [1.82, 2.24) is 0 Å². The number of hydrogen-bond acceptors (Lipinski definition) is 3. The fourth-order valence-electron chi connectivity index (χ4n) is 1.31. The second-order valence-electron chi connectivity index (χ2n) is 3.52. The van der Waals surface area contributed by atoms with E-state index in [1.807, 2.05) is 36.4 Å². The molecule has 0 aliphatic rings. The summed E-state index contributed by atoms with van der Waals surface area (Å²) in [7, 11) is 0. The monoisotopic (exact) mass is 217 g/mol. The maximum atomic E-state index is 11.0. The van der Waals surface area contributed by atoms with E-state index in [-0.39, 0.29) is 12.2 Å². The van der Waals surface area contributed by atoms with Crippen LogP contribution in [0.4, 0.5) is 0 Å². The van der Waals surface area contributed by atoms with Gasteiger partial charge in [0.2, 0.25) is 0 Å². The Kier molecular flexibility index (Phi) is 5.90. The van der Waals surface area contributed by atoms with Gasteiger partial charge in [-0.1, -0.05) is 30.3 Å². The van der Waals surface area contributed by atoms with E-state index in [9.17, 15) is 4.79 Å². The van der Waals surface area contributed by atoms with E-state index in [2.05, 4.69) is 0 Å². The third kappa shape index (κ3) is 5.28. The number of nitrogens with zero attached hydrogens (tertiary/aromatic N) is 1. The van der Waals surface area contributed by atoms with Crippen LogP contribution in [0.5, 0.6) is 0 Å². The lowest BCUT2D eigenvalue weighted by Crippen LogP contribution is -2.00. The lowest BCUT2D eigenvalue weighted by atomic mass is 10.2. The van der Waals surface area contributed by atoms with Gasteiger partial charge in [-0.25, -0.2) is 0 Å². The molecule has 0 saturated heterocycles. The molecule has 84 valence electrons. The molecule has 0 radical (unpaired) electrons. The van der Waals surface area contributed by atoms with Crippen LogP contribution in [0.1, 0.15) is 24.8 Å². The van der Waals surface area contributed by atoms with Crippen LogP contribution in [0, 0.1) is 11.3 Å². The van der Waals surface area contributed by atoms with Gasteiger partial charge >= 0.3 is 0 Å². The fraction of sp³-hybridized carbons (Fsp3) is 0.385. The van der Waals surface area contributed by atoms with Crippen LogP contribution in [0.2, 0.25) is 0 Å². The smallest absolute Gasteiger partial charge is 0.147 e. The van der Waals surface area contributed by atoms with E-state index in [0.29, 0.717) is 26.1 Å². The number of carbonyl (C=O) groups excluding carboxylic acids is 1. The maximum Gasteiger partial charge on any atom is 0.147 e. The SMILES string of the molecule is N#CCC(=O)CCCOCc1ccccc1. The van der Waals surface area contributed by atoms with Gasteiger partial charge in [-0.15, -0.1) is 0 Å². The second-order valence-corrected chi connectivity index (χ2v) is 3.52. The number of ether oxygens (including phenoxy) is 1. The molecule has 0 atom stereocenters. The standard InChI is InChI=1S/C13H15NO2/c14-9-8-13(15)7-4-10-16-11-12-5-2-1-3-6-12/h1-3,5-6H,4,7-8,10-11H2. The summed E-state index contributed by atoms with van der Waals surface area (Å²) in [6, 6.07) is 11.7. The van der Waals surface area contributed by atoms with Crippen molar-refractivity contribution in [3.8, 4) is 6.07 Å². The van der Waals surface area contributed by atoms with Crippen LogP contribution in [0.25, 0.3) is 0 Å². The maximum absolute atomic E-state index is 11.0. The number of rotatable bonds is 7. The minimum Gasteiger partial charge on any atom is -0.377 e. The molecule has 0 aliphatic heterocycles. The fourth-order valence-corrected chi connectivity index (χ4v) is 1.31. The van der Waals surface area contributed by atoms with Crippen molar-refractivity contribution >= 4 is 5.78 Å². The molecule has 0 aliphatic carbocycles. The Morgan fingerprint density at radius 3 is 2.75 bits per heavy atom. The summed E-state index contributed by atoms with van der Waals surface area (Å²) in [5, 5.41) is 8.29. The summed E-state index contributed by atoms with van der Waals surface area (Å²) in [4.78, 5) is 11.0. The number of carbonyl (C=O) groups is 1. The summed E-state index contributed by atoms with van der Waals surface area (Å²) >= 11 is 0. The highest BCUT2D eigenvalue weighted by molar-refractivity contribution is 5.80. The largest absolute Gasteiger partial charge is 0.377 e. The van der Waals surface area contributed by atoms with E-state index in [1.165, 1.54) is 0 Å². The molecule has 0 heterocycles. The van der Waals surface area contributed by atoms with Gasteiger partial charge < -0.3 is 4.74 Å². The van der Waals surface area contributed by atoms with Crippen molar-refractivity contribution in [2.45, 2.75) is 25.9 Å². The topological polar surface area (TPSA) is 50.1 Å². The lowest BCUT2D eigenvalue weighted by molar-refractivity contribution is -0.118. The minimum atomic E-state index is -0.00851. The highest BCUT2D eigenvalue weighted by Gasteiger charge is 2.00. The highest BCUT2D eigenvalue weighted by Crippen LogP contribution is 2.02. The zero-order valence-corrected chi connectivity index (χ0v) is 9.19. The number of benzene rings is 1. The molecular formula is C13H15NO2. The molecule has 1 aromatic rings. The molecule has 0 unspecified atom stereocenters. The van der Waals surface area contributed by atoms with Crippen molar-refractivity contribution in [3.05, 3.63) is 35.9 Å². The molecular weight excluding hydrogens is 202 g/mol. The second kappa shape index (κ2) is 7.61. The number of Topliss-reactive ketones (excluding diaryl/α,β-unsaturated/α-hetero) is 1. The average molecular weight is 217 g/mol. The van der Waals surface area contributed by atoms with Crippen molar-refractivity contribution in [3.63, 3.8) is 0 Å². The minimum absolute atomic E-state index is 0.00851. The van der Waals surface area contributed by atoms with Crippen LogP contribution in [0.3, 0.4) is 0 Å². The van der Waals surface area contributed by atoms with Crippen molar-refractivity contribution in [2.24, 2.45) is 0 Å². The molecule has 0 aromatic heterocycles. The van der Waals surface area contributed by atoms with E-state index in [0.717, 1.165) is 5.56 Å². The third-order valence-electron chi connectivity index (χ3n) is 2.13. The zero-order valence-electron chi connectivity index (χ0n) is 9.19. The van der Waals surface area contributed by atoms with Crippen LogP contribution >= 0.6 is 0 Å². The molecule has 0 spiro atoms. The van der Waals surface area contributed by atoms with E-state index < -0.39 is 0 Å². The Hall–Kier alpha value is -1.66. The molecule has 0 fully saturated rings. The van der Waals surface area contributed by atoms with Crippen LogP contribution in [0.15, 0.2) is 30.3 Å². The zero-order chi connectivity index (χ0) is 11.6.